The molecule has 0 aromatic heterocycles. The minimum atomic E-state index is -4.25. The van der Waals surface area contributed by atoms with Crippen molar-refractivity contribution in [1.29, 1.82) is 0 Å². The highest BCUT2D eigenvalue weighted by atomic mass is 19.4. The standard InChI is InChI=1S/C13H17F3N2O3/c1-20-11-3-2-9(17)8-10(11)18-12(19)4-6-21-7-5-13(14,15)16/h2-3,8H,4-7,17H2,1H3,(H,18,19). The van der Waals surface area contributed by atoms with Crippen molar-refractivity contribution in [2.75, 3.05) is 31.4 Å². The number of anilines is 2. The Labute approximate surface area is 120 Å². The highest BCUT2D eigenvalue weighted by Crippen LogP contribution is 2.26. The number of nitrogens with one attached hydrogen (secondary N) is 1. The van der Waals surface area contributed by atoms with Crippen molar-refractivity contribution in [3.63, 3.8) is 0 Å². The average molecular weight is 306 g/mol. The van der Waals surface area contributed by atoms with Crippen LogP contribution in [-0.4, -0.2) is 32.4 Å². The summed E-state index contributed by atoms with van der Waals surface area (Å²) in [6, 6.07) is 4.75. The third-order valence-electron chi connectivity index (χ3n) is 2.50. The third kappa shape index (κ3) is 6.84. The Morgan fingerprint density at radius 3 is 2.67 bits per heavy atom. The molecule has 0 saturated carbocycles. The minimum Gasteiger partial charge on any atom is -0.495 e. The van der Waals surface area contributed by atoms with Crippen molar-refractivity contribution in [3.8, 4) is 5.75 Å². The molecular weight excluding hydrogens is 289 g/mol. The highest BCUT2D eigenvalue weighted by molar-refractivity contribution is 5.92. The van der Waals surface area contributed by atoms with E-state index in [4.69, 9.17) is 15.2 Å². The quantitative estimate of drug-likeness (QED) is 0.600. The molecule has 1 aromatic rings. The highest BCUT2D eigenvalue weighted by Gasteiger charge is 2.26. The van der Waals surface area contributed by atoms with Gasteiger partial charge in [0.2, 0.25) is 5.91 Å². The van der Waals surface area contributed by atoms with E-state index in [1.807, 2.05) is 0 Å². The van der Waals surface area contributed by atoms with Crippen LogP contribution in [0.15, 0.2) is 18.2 Å². The first-order chi connectivity index (χ1) is 9.81. The van der Waals surface area contributed by atoms with Crippen LogP contribution in [0, 0.1) is 0 Å². The monoisotopic (exact) mass is 306 g/mol. The fourth-order valence-electron chi connectivity index (χ4n) is 1.49. The number of alkyl halides is 3. The van der Waals surface area contributed by atoms with Crippen LogP contribution >= 0.6 is 0 Å². The van der Waals surface area contributed by atoms with Crippen LogP contribution in [0.4, 0.5) is 24.5 Å². The molecule has 0 spiro atoms. The Bertz CT molecular complexity index is 478. The molecule has 1 aromatic carbocycles. The van der Waals surface area contributed by atoms with Gasteiger partial charge in [-0.2, -0.15) is 13.2 Å². The zero-order chi connectivity index (χ0) is 15.9. The Hall–Kier alpha value is -1.96. The van der Waals surface area contributed by atoms with Gasteiger partial charge in [-0.25, -0.2) is 0 Å². The van der Waals surface area contributed by atoms with Gasteiger partial charge in [-0.15, -0.1) is 0 Å². The average Bonchev–Trinajstić information content (AvgIpc) is 2.37. The summed E-state index contributed by atoms with van der Waals surface area (Å²) in [5.41, 5.74) is 6.45. The number of methoxy groups -OCH3 is 1. The largest absolute Gasteiger partial charge is 0.495 e. The normalized spacial score (nSPS) is 11.2. The number of ether oxygens (including phenoxy) is 2. The molecule has 0 unspecified atom stereocenters. The van der Waals surface area contributed by atoms with E-state index in [-0.39, 0.29) is 13.0 Å². The number of rotatable bonds is 7. The fraction of sp³-hybridized carbons (Fsp3) is 0.462. The Kier molecular flexibility index (Phi) is 6.29. The second-order valence-electron chi connectivity index (χ2n) is 4.24. The summed E-state index contributed by atoms with van der Waals surface area (Å²) in [5.74, 6) is 0.0430. The van der Waals surface area contributed by atoms with Crippen molar-refractivity contribution < 1.29 is 27.4 Å². The Morgan fingerprint density at radius 1 is 1.33 bits per heavy atom. The van der Waals surface area contributed by atoms with Gasteiger partial charge in [-0.05, 0) is 18.2 Å². The van der Waals surface area contributed by atoms with Crippen molar-refractivity contribution in [2.24, 2.45) is 0 Å². The van der Waals surface area contributed by atoms with Crippen molar-refractivity contribution in [3.05, 3.63) is 18.2 Å². The molecule has 3 N–H and O–H groups in total. The van der Waals surface area contributed by atoms with E-state index in [1.165, 1.54) is 13.2 Å². The maximum Gasteiger partial charge on any atom is 0.391 e. The van der Waals surface area contributed by atoms with E-state index >= 15 is 0 Å². The Morgan fingerprint density at radius 2 is 2.05 bits per heavy atom. The zero-order valence-corrected chi connectivity index (χ0v) is 11.5. The summed E-state index contributed by atoms with van der Waals surface area (Å²) in [7, 11) is 1.45. The number of carbonyl (C=O) groups is 1. The molecule has 1 amide bonds. The van der Waals surface area contributed by atoms with Crippen LogP contribution in [0.2, 0.25) is 0 Å². The molecule has 0 bridgehead atoms. The zero-order valence-electron chi connectivity index (χ0n) is 11.5. The molecule has 0 aliphatic rings. The van der Waals surface area contributed by atoms with E-state index in [2.05, 4.69) is 5.32 Å². The van der Waals surface area contributed by atoms with Crippen molar-refractivity contribution in [1.82, 2.24) is 0 Å². The second kappa shape index (κ2) is 7.72. The van der Waals surface area contributed by atoms with Gasteiger partial charge in [0.25, 0.3) is 0 Å². The molecular formula is C13H17F3N2O3. The van der Waals surface area contributed by atoms with Crippen LogP contribution in [0.5, 0.6) is 5.75 Å². The van der Waals surface area contributed by atoms with E-state index in [0.29, 0.717) is 17.1 Å². The number of benzene rings is 1. The van der Waals surface area contributed by atoms with Gasteiger partial charge >= 0.3 is 6.18 Å². The number of nitrogens with two attached hydrogens (primary N) is 1. The predicted octanol–water partition coefficient (Wildman–Crippen LogP) is 2.58. The maximum atomic E-state index is 11.9. The summed E-state index contributed by atoms with van der Waals surface area (Å²) in [6.07, 6.45) is -5.34. The molecule has 0 aliphatic carbocycles. The summed E-state index contributed by atoms with van der Waals surface area (Å²) in [4.78, 5) is 11.6. The summed E-state index contributed by atoms with van der Waals surface area (Å²) in [6.45, 7) is -0.551. The molecule has 0 aliphatic heterocycles. The van der Waals surface area contributed by atoms with E-state index < -0.39 is 25.1 Å². The van der Waals surface area contributed by atoms with E-state index in [9.17, 15) is 18.0 Å². The van der Waals surface area contributed by atoms with Gasteiger partial charge in [0, 0.05) is 5.69 Å². The lowest BCUT2D eigenvalue weighted by Crippen LogP contribution is -2.17. The molecule has 0 atom stereocenters. The third-order valence-corrected chi connectivity index (χ3v) is 2.50. The lowest BCUT2D eigenvalue weighted by Gasteiger charge is -2.11. The number of nitrogen functional groups attached to an aromatic ring is 1. The van der Waals surface area contributed by atoms with Crippen molar-refractivity contribution in [2.45, 2.75) is 19.0 Å². The van der Waals surface area contributed by atoms with Gasteiger partial charge in [-0.3, -0.25) is 4.79 Å². The number of carbonyl (C=O) groups excluding carboxylic acids is 1. The molecule has 21 heavy (non-hydrogen) atoms. The molecule has 0 fully saturated rings. The van der Waals surface area contributed by atoms with Crippen molar-refractivity contribution >= 4 is 17.3 Å². The second-order valence-corrected chi connectivity index (χ2v) is 4.24. The maximum absolute atomic E-state index is 11.9. The number of hydrogen-bond donors (Lipinski definition) is 2. The topological polar surface area (TPSA) is 73.6 Å². The predicted molar refractivity (Wildman–Crippen MR) is 72.1 cm³/mol. The summed E-state index contributed by atoms with van der Waals surface area (Å²) < 4.78 is 45.4. The van der Waals surface area contributed by atoms with Gasteiger partial charge in [0.15, 0.2) is 0 Å². The molecule has 5 nitrogen and oxygen atoms in total. The van der Waals surface area contributed by atoms with Crippen LogP contribution in [0.3, 0.4) is 0 Å². The first-order valence-corrected chi connectivity index (χ1v) is 6.19. The Balaban J connectivity index is 2.36. The number of halogens is 3. The van der Waals surface area contributed by atoms with Gasteiger partial charge in [-0.1, -0.05) is 0 Å². The molecule has 0 radical (unpaired) electrons. The fourth-order valence-corrected chi connectivity index (χ4v) is 1.49. The van der Waals surface area contributed by atoms with Crippen LogP contribution < -0.4 is 15.8 Å². The van der Waals surface area contributed by atoms with Gasteiger partial charge in [0.1, 0.15) is 5.75 Å². The molecule has 0 saturated heterocycles. The minimum absolute atomic E-state index is 0.0597. The molecule has 8 heteroatoms. The molecule has 118 valence electrons. The van der Waals surface area contributed by atoms with Crippen LogP contribution in [0.25, 0.3) is 0 Å². The van der Waals surface area contributed by atoms with Gasteiger partial charge in [0.05, 0.1) is 38.9 Å². The first kappa shape index (κ1) is 17.1. The summed E-state index contributed by atoms with van der Waals surface area (Å²) >= 11 is 0. The number of amides is 1. The molecule has 1 rings (SSSR count). The van der Waals surface area contributed by atoms with E-state index in [1.54, 1.807) is 12.1 Å². The van der Waals surface area contributed by atoms with E-state index in [0.717, 1.165) is 0 Å². The van der Waals surface area contributed by atoms with Crippen LogP contribution in [0.1, 0.15) is 12.8 Å². The lowest BCUT2D eigenvalue weighted by atomic mass is 10.2. The molecule has 0 heterocycles. The van der Waals surface area contributed by atoms with Crippen LogP contribution in [-0.2, 0) is 9.53 Å². The number of hydrogen-bond acceptors (Lipinski definition) is 4. The first-order valence-electron chi connectivity index (χ1n) is 6.19. The van der Waals surface area contributed by atoms with Gasteiger partial charge < -0.3 is 20.5 Å². The smallest absolute Gasteiger partial charge is 0.391 e. The lowest BCUT2D eigenvalue weighted by molar-refractivity contribution is -0.145. The SMILES string of the molecule is COc1ccc(N)cc1NC(=O)CCOCCC(F)(F)F. The summed E-state index contributed by atoms with van der Waals surface area (Å²) in [5, 5.41) is 2.56.